The van der Waals surface area contributed by atoms with Crippen molar-refractivity contribution in [2.45, 2.75) is 88.5 Å². The molecule has 0 atom stereocenters. The van der Waals surface area contributed by atoms with Gasteiger partial charge in [-0.15, -0.1) is 0 Å². The Balaban J connectivity index is -0.0000000890. The smallest absolute Gasteiger partial charge is 0.0395 e. The average Bonchev–Trinajstić information content (AvgIpc) is 2.45. The summed E-state index contributed by atoms with van der Waals surface area (Å²) in [5.74, 6) is 0. The zero-order valence-electron chi connectivity index (χ0n) is 14.1. The normalized spacial score (nSPS) is 7.37. The lowest BCUT2D eigenvalue weighted by atomic mass is 10.1. The van der Waals surface area contributed by atoms with Crippen LogP contribution in [0.5, 0.6) is 0 Å². The molecular formula is C19H40. The molecule has 19 heavy (non-hydrogen) atoms. The monoisotopic (exact) mass is 268 g/mol. The van der Waals surface area contributed by atoms with Gasteiger partial charge in [-0.3, -0.25) is 0 Å². The second-order valence-corrected chi connectivity index (χ2v) is 4.08. The van der Waals surface area contributed by atoms with Crippen molar-refractivity contribution >= 4 is 0 Å². The van der Waals surface area contributed by atoms with Crippen LogP contribution >= 0.6 is 0 Å². The van der Waals surface area contributed by atoms with Crippen LogP contribution in [0.4, 0.5) is 0 Å². The van der Waals surface area contributed by atoms with Crippen molar-refractivity contribution in [1.82, 2.24) is 0 Å². The van der Waals surface area contributed by atoms with Gasteiger partial charge < -0.3 is 0 Å². The SMILES string of the molecule is C.CC.CCCC.CCCC.Cc1ccccc1C. The van der Waals surface area contributed by atoms with Crippen LogP contribution in [0.3, 0.4) is 0 Å². The Bertz CT molecular complexity index is 196. The Kier molecular flexibility index (Phi) is 36.5. The summed E-state index contributed by atoms with van der Waals surface area (Å²) in [6.07, 6.45) is 5.28. The van der Waals surface area contributed by atoms with Gasteiger partial charge in [-0.25, -0.2) is 0 Å². The lowest BCUT2D eigenvalue weighted by molar-refractivity contribution is 0.886. The van der Waals surface area contributed by atoms with Gasteiger partial charge in [0.05, 0.1) is 0 Å². The summed E-state index contributed by atoms with van der Waals surface area (Å²) in [6, 6.07) is 8.36. The number of benzene rings is 1. The zero-order chi connectivity index (χ0) is 14.8. The van der Waals surface area contributed by atoms with Gasteiger partial charge in [0.25, 0.3) is 0 Å². The number of hydrogen-bond acceptors (Lipinski definition) is 0. The highest BCUT2D eigenvalue weighted by molar-refractivity contribution is 5.23. The topological polar surface area (TPSA) is 0 Å². The summed E-state index contributed by atoms with van der Waals surface area (Å²) in [6.45, 7) is 17.0. The van der Waals surface area contributed by atoms with E-state index < -0.39 is 0 Å². The van der Waals surface area contributed by atoms with E-state index in [0.29, 0.717) is 0 Å². The van der Waals surface area contributed by atoms with Crippen molar-refractivity contribution in [3.63, 3.8) is 0 Å². The maximum atomic E-state index is 2.18. The van der Waals surface area contributed by atoms with E-state index >= 15 is 0 Å². The second-order valence-electron chi connectivity index (χ2n) is 4.08. The molecule has 0 nitrogen and oxygen atoms in total. The molecule has 0 aliphatic heterocycles. The highest BCUT2D eigenvalue weighted by atomic mass is 13.9. The number of rotatable bonds is 2. The van der Waals surface area contributed by atoms with E-state index in [0.717, 1.165) is 0 Å². The minimum Gasteiger partial charge on any atom is -0.0776 e. The van der Waals surface area contributed by atoms with Crippen LogP contribution in [-0.2, 0) is 0 Å². The molecule has 0 aliphatic carbocycles. The molecular weight excluding hydrogens is 228 g/mol. The standard InChI is InChI=1S/C8H10.2C4H10.C2H6.CH4/c1-7-5-3-4-6-8(7)2;2*1-3-4-2;1-2;/h3-6H,1-2H3;2*3-4H2,1-2H3;1-2H3;1H4. The molecule has 116 valence electrons. The first-order valence-electron chi connectivity index (χ1n) is 7.66. The van der Waals surface area contributed by atoms with Crippen LogP contribution in [0.25, 0.3) is 0 Å². The summed E-state index contributed by atoms with van der Waals surface area (Å²) in [7, 11) is 0. The van der Waals surface area contributed by atoms with Gasteiger partial charge in [0.15, 0.2) is 0 Å². The van der Waals surface area contributed by atoms with E-state index in [2.05, 4.69) is 65.8 Å². The summed E-state index contributed by atoms with van der Waals surface area (Å²) in [5.41, 5.74) is 2.74. The molecule has 0 aliphatic rings. The van der Waals surface area contributed by atoms with E-state index in [1.807, 2.05) is 13.8 Å². The van der Waals surface area contributed by atoms with Crippen LogP contribution < -0.4 is 0 Å². The molecule has 0 fully saturated rings. The molecule has 0 amide bonds. The number of unbranched alkanes of at least 4 members (excludes halogenated alkanes) is 2. The van der Waals surface area contributed by atoms with Crippen LogP contribution in [0.2, 0.25) is 0 Å². The van der Waals surface area contributed by atoms with Crippen LogP contribution in [0.1, 0.15) is 85.8 Å². The molecule has 1 rings (SSSR count). The van der Waals surface area contributed by atoms with E-state index in [1.165, 1.54) is 36.8 Å². The largest absolute Gasteiger partial charge is 0.0776 e. The van der Waals surface area contributed by atoms with Gasteiger partial charge in [0, 0.05) is 0 Å². The molecule has 1 aromatic carbocycles. The van der Waals surface area contributed by atoms with Crippen molar-refractivity contribution in [3.8, 4) is 0 Å². The Labute approximate surface area is 124 Å². The first-order chi connectivity index (χ1) is 8.63. The minimum absolute atomic E-state index is 0. The second kappa shape index (κ2) is 25.9. The van der Waals surface area contributed by atoms with Gasteiger partial charge in [-0.2, -0.15) is 0 Å². The van der Waals surface area contributed by atoms with Gasteiger partial charge in [0.1, 0.15) is 0 Å². The fourth-order valence-electron chi connectivity index (χ4n) is 0.663. The van der Waals surface area contributed by atoms with Crippen LogP contribution in [0, 0.1) is 13.8 Å². The highest BCUT2D eigenvalue weighted by Crippen LogP contribution is 2.02. The predicted molar refractivity (Wildman–Crippen MR) is 95.2 cm³/mol. The lowest BCUT2D eigenvalue weighted by Crippen LogP contribution is -1.74. The molecule has 0 saturated heterocycles. The van der Waals surface area contributed by atoms with Crippen LogP contribution in [0.15, 0.2) is 24.3 Å². The molecule has 0 heteroatoms. The zero-order valence-corrected chi connectivity index (χ0v) is 14.1. The van der Waals surface area contributed by atoms with Gasteiger partial charge in [-0.1, -0.05) is 98.9 Å². The Hall–Kier alpha value is -0.780. The van der Waals surface area contributed by atoms with E-state index in [-0.39, 0.29) is 7.43 Å². The maximum absolute atomic E-state index is 2.18. The van der Waals surface area contributed by atoms with Gasteiger partial charge >= 0.3 is 0 Å². The summed E-state index contributed by atoms with van der Waals surface area (Å²) >= 11 is 0. The Morgan fingerprint density at radius 1 is 0.632 bits per heavy atom. The fraction of sp³-hybridized carbons (Fsp3) is 0.684. The molecule has 0 unspecified atom stereocenters. The van der Waals surface area contributed by atoms with E-state index in [4.69, 9.17) is 0 Å². The minimum atomic E-state index is 0. The van der Waals surface area contributed by atoms with Gasteiger partial charge in [-0.05, 0) is 25.0 Å². The first kappa shape index (κ1) is 26.7. The summed E-state index contributed by atoms with van der Waals surface area (Å²) < 4.78 is 0. The summed E-state index contributed by atoms with van der Waals surface area (Å²) in [4.78, 5) is 0. The Morgan fingerprint density at radius 3 is 0.947 bits per heavy atom. The summed E-state index contributed by atoms with van der Waals surface area (Å²) in [5, 5.41) is 0. The van der Waals surface area contributed by atoms with Gasteiger partial charge in [0.2, 0.25) is 0 Å². The molecule has 0 heterocycles. The fourth-order valence-corrected chi connectivity index (χ4v) is 0.663. The maximum Gasteiger partial charge on any atom is -0.0395 e. The molecule has 0 aromatic heterocycles. The third kappa shape index (κ3) is 26.7. The van der Waals surface area contributed by atoms with Crippen molar-refractivity contribution < 1.29 is 0 Å². The number of hydrogen-bond donors (Lipinski definition) is 0. The first-order valence-corrected chi connectivity index (χ1v) is 7.66. The molecule has 1 aromatic rings. The third-order valence-corrected chi connectivity index (χ3v) is 2.43. The Morgan fingerprint density at radius 2 is 0.842 bits per heavy atom. The average molecular weight is 269 g/mol. The molecule has 0 spiro atoms. The third-order valence-electron chi connectivity index (χ3n) is 2.43. The molecule has 0 N–H and O–H groups in total. The van der Waals surface area contributed by atoms with Crippen molar-refractivity contribution in [1.29, 1.82) is 0 Å². The van der Waals surface area contributed by atoms with E-state index in [9.17, 15) is 0 Å². The number of aryl methyl sites for hydroxylation is 2. The quantitative estimate of drug-likeness (QED) is 0.518. The molecule has 0 saturated carbocycles. The molecule has 0 radical (unpaired) electrons. The van der Waals surface area contributed by atoms with Crippen LogP contribution in [-0.4, -0.2) is 0 Å². The lowest BCUT2D eigenvalue weighted by Gasteiger charge is -1.93. The van der Waals surface area contributed by atoms with Crippen molar-refractivity contribution in [2.24, 2.45) is 0 Å². The van der Waals surface area contributed by atoms with E-state index in [1.54, 1.807) is 0 Å². The predicted octanol–water partition coefficient (Wildman–Crippen LogP) is 7.58. The van der Waals surface area contributed by atoms with Crippen molar-refractivity contribution in [3.05, 3.63) is 35.4 Å². The molecule has 0 bridgehead atoms. The highest BCUT2D eigenvalue weighted by Gasteiger charge is 1.83. The van der Waals surface area contributed by atoms with Crippen molar-refractivity contribution in [2.75, 3.05) is 0 Å².